The van der Waals surface area contributed by atoms with Gasteiger partial charge in [-0.2, -0.15) is 4.98 Å². The number of hydrogen-bond acceptors (Lipinski definition) is 5. The van der Waals surface area contributed by atoms with E-state index in [-0.39, 0.29) is 6.04 Å². The molecule has 0 radical (unpaired) electrons. The van der Waals surface area contributed by atoms with Gasteiger partial charge in [-0.05, 0) is 38.8 Å². The first-order valence-electron chi connectivity index (χ1n) is 6.71. The van der Waals surface area contributed by atoms with Crippen molar-refractivity contribution in [3.63, 3.8) is 0 Å². The number of hydrogen-bond donors (Lipinski definition) is 2. The summed E-state index contributed by atoms with van der Waals surface area (Å²) in [4.78, 5) is 4.58. The standard InChI is InChI=1S/C12H20N4O/c1-2-7-14-10(5-1)12-15-11(16-17-12)9-4-3-6-13-8-9/h9-10,13-14H,1-8H2/t9-,10?/m0/s1. The van der Waals surface area contributed by atoms with E-state index in [0.717, 1.165) is 37.8 Å². The maximum absolute atomic E-state index is 5.41. The smallest absolute Gasteiger partial charge is 0.243 e. The van der Waals surface area contributed by atoms with Gasteiger partial charge in [0.05, 0.1) is 6.04 Å². The van der Waals surface area contributed by atoms with E-state index < -0.39 is 0 Å². The number of nitrogens with one attached hydrogen (secondary N) is 2. The molecule has 2 saturated heterocycles. The number of piperidine rings is 2. The molecule has 0 aliphatic carbocycles. The molecule has 1 aromatic heterocycles. The molecule has 2 aliphatic rings. The molecule has 2 fully saturated rings. The van der Waals surface area contributed by atoms with Gasteiger partial charge in [-0.3, -0.25) is 0 Å². The van der Waals surface area contributed by atoms with Gasteiger partial charge in [0.2, 0.25) is 5.89 Å². The van der Waals surface area contributed by atoms with Gasteiger partial charge in [-0.25, -0.2) is 0 Å². The van der Waals surface area contributed by atoms with Crippen molar-refractivity contribution >= 4 is 0 Å². The Morgan fingerprint density at radius 2 is 2.12 bits per heavy atom. The lowest BCUT2D eigenvalue weighted by Gasteiger charge is -2.20. The highest BCUT2D eigenvalue weighted by Gasteiger charge is 2.25. The monoisotopic (exact) mass is 236 g/mol. The molecule has 94 valence electrons. The van der Waals surface area contributed by atoms with Crippen LogP contribution in [0.2, 0.25) is 0 Å². The van der Waals surface area contributed by atoms with Crippen LogP contribution >= 0.6 is 0 Å². The normalized spacial score (nSPS) is 30.4. The van der Waals surface area contributed by atoms with Crippen molar-refractivity contribution in [2.24, 2.45) is 0 Å². The van der Waals surface area contributed by atoms with Crippen LogP contribution in [0.1, 0.15) is 55.8 Å². The van der Waals surface area contributed by atoms with Crippen molar-refractivity contribution in [2.75, 3.05) is 19.6 Å². The summed E-state index contributed by atoms with van der Waals surface area (Å²) in [6.07, 6.45) is 6.00. The van der Waals surface area contributed by atoms with Crippen LogP contribution in [0.15, 0.2) is 4.52 Å². The van der Waals surface area contributed by atoms with Crippen LogP contribution < -0.4 is 10.6 Å². The van der Waals surface area contributed by atoms with Gasteiger partial charge in [-0.15, -0.1) is 0 Å². The third-order valence-electron chi connectivity index (χ3n) is 3.73. The minimum absolute atomic E-state index is 0.279. The van der Waals surface area contributed by atoms with Gasteiger partial charge in [-0.1, -0.05) is 11.6 Å². The van der Waals surface area contributed by atoms with E-state index in [0.29, 0.717) is 5.92 Å². The fourth-order valence-electron chi connectivity index (χ4n) is 2.69. The van der Waals surface area contributed by atoms with Gasteiger partial charge >= 0.3 is 0 Å². The quantitative estimate of drug-likeness (QED) is 0.811. The Labute approximate surface area is 101 Å². The van der Waals surface area contributed by atoms with E-state index in [1.807, 2.05) is 0 Å². The first kappa shape index (κ1) is 11.2. The van der Waals surface area contributed by atoms with E-state index in [1.165, 1.54) is 25.7 Å². The van der Waals surface area contributed by atoms with Crippen LogP contribution in [-0.2, 0) is 0 Å². The lowest BCUT2D eigenvalue weighted by molar-refractivity contribution is 0.294. The Hall–Kier alpha value is -0.940. The summed E-state index contributed by atoms with van der Waals surface area (Å²) in [5.74, 6) is 2.11. The summed E-state index contributed by atoms with van der Waals surface area (Å²) in [5, 5.41) is 11.0. The predicted octanol–water partition coefficient (Wildman–Crippen LogP) is 1.35. The molecule has 1 aromatic rings. The van der Waals surface area contributed by atoms with Crippen molar-refractivity contribution in [3.05, 3.63) is 11.7 Å². The average Bonchev–Trinajstić information content (AvgIpc) is 2.90. The molecule has 2 N–H and O–H groups in total. The SMILES string of the molecule is C1CCC(c2nc([C@H]3CCCNC3)no2)NC1. The van der Waals surface area contributed by atoms with E-state index in [1.54, 1.807) is 0 Å². The van der Waals surface area contributed by atoms with E-state index in [2.05, 4.69) is 20.8 Å². The zero-order chi connectivity index (χ0) is 11.5. The molecule has 3 heterocycles. The van der Waals surface area contributed by atoms with Gasteiger partial charge < -0.3 is 15.2 Å². The van der Waals surface area contributed by atoms with E-state index in [4.69, 9.17) is 4.52 Å². The summed E-state index contributed by atoms with van der Waals surface area (Å²) >= 11 is 0. The molecule has 3 rings (SSSR count). The van der Waals surface area contributed by atoms with Gasteiger partial charge in [0.1, 0.15) is 0 Å². The van der Waals surface area contributed by atoms with Crippen LogP contribution in [0, 0.1) is 0 Å². The molecule has 2 aliphatic heterocycles. The molecule has 1 unspecified atom stereocenters. The summed E-state index contributed by atoms with van der Waals surface area (Å²) in [5.41, 5.74) is 0. The fraction of sp³-hybridized carbons (Fsp3) is 0.833. The molecule has 5 nitrogen and oxygen atoms in total. The van der Waals surface area contributed by atoms with Crippen molar-refractivity contribution in [1.82, 2.24) is 20.8 Å². The van der Waals surface area contributed by atoms with Gasteiger partial charge in [0.15, 0.2) is 5.82 Å². The Bertz CT molecular complexity index is 321. The molecule has 0 saturated carbocycles. The Kier molecular flexibility index (Phi) is 3.38. The van der Waals surface area contributed by atoms with Crippen LogP contribution in [0.25, 0.3) is 0 Å². The lowest BCUT2D eigenvalue weighted by Crippen LogP contribution is -2.29. The molecule has 0 spiro atoms. The Morgan fingerprint density at radius 1 is 1.12 bits per heavy atom. The number of nitrogens with zero attached hydrogens (tertiary/aromatic N) is 2. The second kappa shape index (κ2) is 5.14. The van der Waals surface area contributed by atoms with Crippen molar-refractivity contribution in [3.8, 4) is 0 Å². The predicted molar refractivity (Wildman–Crippen MR) is 63.7 cm³/mol. The molecular weight excluding hydrogens is 216 g/mol. The second-order valence-electron chi connectivity index (χ2n) is 5.04. The first-order valence-corrected chi connectivity index (χ1v) is 6.71. The molecule has 0 bridgehead atoms. The number of rotatable bonds is 2. The van der Waals surface area contributed by atoms with Crippen LogP contribution in [0.5, 0.6) is 0 Å². The summed E-state index contributed by atoms with van der Waals surface area (Å²) < 4.78 is 5.41. The zero-order valence-corrected chi connectivity index (χ0v) is 10.1. The minimum Gasteiger partial charge on any atom is -0.338 e. The van der Waals surface area contributed by atoms with Crippen LogP contribution in [0.4, 0.5) is 0 Å². The molecule has 0 aromatic carbocycles. The topological polar surface area (TPSA) is 63.0 Å². The van der Waals surface area contributed by atoms with Crippen LogP contribution in [0.3, 0.4) is 0 Å². The minimum atomic E-state index is 0.279. The molecular formula is C12H20N4O. The highest BCUT2D eigenvalue weighted by molar-refractivity contribution is 5.01. The lowest BCUT2D eigenvalue weighted by atomic mass is 9.99. The highest BCUT2D eigenvalue weighted by atomic mass is 16.5. The maximum atomic E-state index is 5.41. The van der Waals surface area contributed by atoms with E-state index >= 15 is 0 Å². The summed E-state index contributed by atoms with van der Waals surface area (Å²) in [6.45, 7) is 3.16. The average molecular weight is 236 g/mol. The zero-order valence-electron chi connectivity index (χ0n) is 10.1. The van der Waals surface area contributed by atoms with Crippen molar-refractivity contribution in [1.29, 1.82) is 0 Å². The van der Waals surface area contributed by atoms with Crippen LogP contribution in [-0.4, -0.2) is 29.8 Å². The second-order valence-corrected chi connectivity index (χ2v) is 5.04. The molecule has 5 heteroatoms. The molecule has 2 atom stereocenters. The number of aromatic nitrogens is 2. The third kappa shape index (κ3) is 2.50. The van der Waals surface area contributed by atoms with Crippen molar-refractivity contribution in [2.45, 2.75) is 44.1 Å². The third-order valence-corrected chi connectivity index (χ3v) is 3.73. The first-order chi connectivity index (χ1) is 8.43. The Balaban J connectivity index is 1.68. The summed E-state index contributed by atoms with van der Waals surface area (Å²) in [6, 6.07) is 0.279. The molecule has 17 heavy (non-hydrogen) atoms. The van der Waals surface area contributed by atoms with Crippen molar-refractivity contribution < 1.29 is 4.52 Å². The maximum Gasteiger partial charge on any atom is 0.243 e. The Morgan fingerprint density at radius 3 is 2.88 bits per heavy atom. The molecule has 0 amide bonds. The van der Waals surface area contributed by atoms with Gasteiger partial charge in [0, 0.05) is 12.5 Å². The summed E-state index contributed by atoms with van der Waals surface area (Å²) in [7, 11) is 0. The van der Waals surface area contributed by atoms with Gasteiger partial charge in [0.25, 0.3) is 0 Å². The largest absolute Gasteiger partial charge is 0.338 e. The highest BCUT2D eigenvalue weighted by Crippen LogP contribution is 2.25. The van der Waals surface area contributed by atoms with E-state index in [9.17, 15) is 0 Å². The fourth-order valence-corrected chi connectivity index (χ4v) is 2.69.